The van der Waals surface area contributed by atoms with Crippen molar-refractivity contribution in [2.75, 3.05) is 26.2 Å². The molecule has 0 unspecified atom stereocenters. The normalized spacial score (nSPS) is 11.8. The molecular weight excluding hydrogens is 506 g/mol. The predicted molar refractivity (Wildman–Crippen MR) is 164 cm³/mol. The topological polar surface area (TPSA) is 112 Å². The first-order valence-corrected chi connectivity index (χ1v) is 16.4. The Morgan fingerprint density at radius 3 is 1.00 bits per heavy atom. The number of hydrogen-bond acceptors (Lipinski definition) is 3. The predicted octanol–water partition coefficient (Wildman–Crippen LogP) is 8.61. The molecule has 0 bridgehead atoms. The lowest BCUT2D eigenvalue weighted by molar-refractivity contribution is -0.927. The molecule has 0 saturated heterocycles. The van der Waals surface area contributed by atoms with E-state index >= 15 is 0 Å². The van der Waals surface area contributed by atoms with E-state index in [9.17, 15) is 14.4 Å². The number of nitrogens with zero attached hydrogens (tertiary/aromatic N) is 1. The second kappa shape index (κ2) is 27.3. The van der Waals surface area contributed by atoms with Crippen LogP contribution >= 0.6 is 0 Å². The van der Waals surface area contributed by atoms with Crippen LogP contribution in [0.25, 0.3) is 0 Å². The van der Waals surface area contributed by atoms with Crippen LogP contribution in [0.5, 0.6) is 0 Å². The van der Waals surface area contributed by atoms with Gasteiger partial charge in [0.05, 0.1) is 45.4 Å². The van der Waals surface area contributed by atoms with Gasteiger partial charge in [-0.05, 0) is 32.6 Å². The molecule has 7 nitrogen and oxygen atoms in total. The maximum atomic E-state index is 11.1. The lowest BCUT2D eigenvalue weighted by atomic mass is 10.0. The van der Waals surface area contributed by atoms with Crippen LogP contribution in [0.1, 0.15) is 155 Å². The highest BCUT2D eigenvalue weighted by Gasteiger charge is 2.29. The van der Waals surface area contributed by atoms with Gasteiger partial charge in [-0.15, -0.1) is 0 Å². The molecule has 0 saturated carbocycles. The number of allylic oxidation sites excluding steroid dienone is 2. The summed E-state index contributed by atoms with van der Waals surface area (Å²) in [5, 5.41) is 27.4. The summed E-state index contributed by atoms with van der Waals surface area (Å²) in [7, 11) is 0. The molecule has 3 N–H and O–H groups in total. The van der Waals surface area contributed by atoms with Crippen LogP contribution in [-0.4, -0.2) is 63.9 Å². The maximum absolute atomic E-state index is 11.1. The van der Waals surface area contributed by atoms with E-state index in [1.54, 1.807) is 0 Å². The fraction of sp³-hybridized carbons (Fsp3) is 0.848. The Morgan fingerprint density at radius 2 is 0.725 bits per heavy atom. The SMILES string of the molecule is C/C=C/CCCCCCCCCCCCCCCCCCCCC[N+](CCC(=O)O)(CCC(=O)O)CCC(=O)O. The third-order valence-electron chi connectivity index (χ3n) is 8.14. The second-order valence-corrected chi connectivity index (χ2v) is 11.7. The Bertz CT molecular complexity index is 618. The highest BCUT2D eigenvalue weighted by Crippen LogP contribution is 2.18. The van der Waals surface area contributed by atoms with E-state index in [2.05, 4.69) is 19.1 Å². The molecule has 0 radical (unpaired) electrons. The highest BCUT2D eigenvalue weighted by molar-refractivity contribution is 5.67. The van der Waals surface area contributed by atoms with Crippen LogP contribution in [0.15, 0.2) is 12.2 Å². The van der Waals surface area contributed by atoms with Gasteiger partial charge in [-0.2, -0.15) is 0 Å². The standard InChI is InChI=1S/C33H61NO6/c1-2-3-4-5-6-7-8-9-10-11-12-13-14-15-16-17-18-19-20-21-22-23-27-34(28-24-31(35)36,29-25-32(37)38)30-26-33(39)40/h2-3H,4-30H2,1H3,(H2-,35,36,37,38,39,40)/p+1/b3-2+. The minimum atomic E-state index is -0.930. The Morgan fingerprint density at radius 1 is 0.450 bits per heavy atom. The van der Waals surface area contributed by atoms with Gasteiger partial charge in [-0.1, -0.05) is 115 Å². The Balaban J connectivity index is 3.78. The van der Waals surface area contributed by atoms with Crippen molar-refractivity contribution in [2.45, 2.75) is 155 Å². The zero-order valence-corrected chi connectivity index (χ0v) is 25.8. The lowest BCUT2D eigenvalue weighted by Crippen LogP contribution is -2.52. The number of aliphatic carboxylic acids is 3. The fourth-order valence-corrected chi connectivity index (χ4v) is 5.55. The molecule has 0 rings (SSSR count). The van der Waals surface area contributed by atoms with Gasteiger partial charge in [0.15, 0.2) is 0 Å². The summed E-state index contributed by atoms with van der Waals surface area (Å²) in [5.41, 5.74) is 0. The smallest absolute Gasteiger partial charge is 0.309 e. The van der Waals surface area contributed by atoms with Crippen LogP contribution in [0.2, 0.25) is 0 Å². The van der Waals surface area contributed by atoms with Gasteiger partial charge in [0, 0.05) is 0 Å². The van der Waals surface area contributed by atoms with Crippen LogP contribution in [0.4, 0.5) is 0 Å². The second-order valence-electron chi connectivity index (χ2n) is 11.7. The average molecular weight is 569 g/mol. The number of carboxylic acids is 3. The van der Waals surface area contributed by atoms with E-state index < -0.39 is 17.9 Å². The zero-order valence-electron chi connectivity index (χ0n) is 25.8. The van der Waals surface area contributed by atoms with Crippen LogP contribution < -0.4 is 0 Å². The molecule has 0 aliphatic heterocycles. The molecule has 0 aliphatic rings. The van der Waals surface area contributed by atoms with Crippen LogP contribution in [0.3, 0.4) is 0 Å². The molecule has 0 heterocycles. The molecule has 0 amide bonds. The maximum Gasteiger partial charge on any atom is 0.309 e. The number of carboxylic acid groups (broad SMARTS) is 3. The summed E-state index contributed by atoms with van der Waals surface area (Å²) < 4.78 is 0.266. The molecule has 234 valence electrons. The van der Waals surface area contributed by atoms with Gasteiger partial charge in [0.25, 0.3) is 0 Å². The molecule has 40 heavy (non-hydrogen) atoms. The number of carbonyl (C=O) groups is 3. The van der Waals surface area contributed by atoms with Gasteiger partial charge in [0.1, 0.15) is 0 Å². The van der Waals surface area contributed by atoms with Crippen molar-refractivity contribution in [2.24, 2.45) is 0 Å². The number of unbranched alkanes of at least 4 members (excludes halogenated alkanes) is 19. The Kier molecular flexibility index (Phi) is 26.0. The molecule has 0 aromatic heterocycles. The van der Waals surface area contributed by atoms with E-state index in [-0.39, 0.29) is 43.4 Å². The van der Waals surface area contributed by atoms with Crippen molar-refractivity contribution in [1.82, 2.24) is 0 Å². The van der Waals surface area contributed by atoms with E-state index in [1.165, 1.54) is 109 Å². The van der Waals surface area contributed by atoms with E-state index in [0.29, 0.717) is 6.54 Å². The minimum absolute atomic E-state index is 0.0724. The van der Waals surface area contributed by atoms with E-state index in [0.717, 1.165) is 19.3 Å². The Hall–Kier alpha value is -1.89. The van der Waals surface area contributed by atoms with Gasteiger partial charge >= 0.3 is 17.9 Å². The molecule has 0 fully saturated rings. The number of rotatable bonds is 31. The monoisotopic (exact) mass is 568 g/mol. The first-order valence-electron chi connectivity index (χ1n) is 16.4. The molecule has 0 aromatic rings. The van der Waals surface area contributed by atoms with Gasteiger partial charge < -0.3 is 19.8 Å². The quantitative estimate of drug-likeness (QED) is 0.0438. The Labute approximate surface area is 245 Å². The van der Waals surface area contributed by atoms with Gasteiger partial charge in [0.2, 0.25) is 0 Å². The third kappa shape index (κ3) is 26.3. The summed E-state index contributed by atoms with van der Waals surface area (Å²) in [6.45, 7) is 3.60. The van der Waals surface area contributed by atoms with Crippen molar-refractivity contribution in [3.8, 4) is 0 Å². The van der Waals surface area contributed by atoms with Gasteiger partial charge in [-0.3, -0.25) is 14.4 Å². The number of quaternary nitrogens is 1. The average Bonchev–Trinajstić information content (AvgIpc) is 2.92. The minimum Gasteiger partial charge on any atom is -0.481 e. The lowest BCUT2D eigenvalue weighted by Gasteiger charge is -2.38. The highest BCUT2D eigenvalue weighted by atomic mass is 16.4. The summed E-state index contributed by atoms with van der Waals surface area (Å²) in [5.74, 6) is -2.79. The van der Waals surface area contributed by atoms with Crippen molar-refractivity contribution in [3.05, 3.63) is 12.2 Å². The zero-order chi connectivity index (χ0) is 29.7. The van der Waals surface area contributed by atoms with Crippen LogP contribution in [0, 0.1) is 0 Å². The summed E-state index contributed by atoms with van der Waals surface area (Å²) in [6, 6.07) is 0. The van der Waals surface area contributed by atoms with Crippen molar-refractivity contribution >= 4 is 17.9 Å². The van der Waals surface area contributed by atoms with Crippen molar-refractivity contribution in [1.29, 1.82) is 0 Å². The van der Waals surface area contributed by atoms with Crippen molar-refractivity contribution in [3.63, 3.8) is 0 Å². The molecule has 0 spiro atoms. The molecule has 7 heteroatoms. The third-order valence-corrected chi connectivity index (χ3v) is 8.14. The molecule has 0 aromatic carbocycles. The van der Waals surface area contributed by atoms with E-state index in [4.69, 9.17) is 15.3 Å². The summed E-state index contributed by atoms with van der Waals surface area (Å²) in [4.78, 5) is 33.4. The van der Waals surface area contributed by atoms with Crippen LogP contribution in [-0.2, 0) is 14.4 Å². The molecule has 0 aliphatic carbocycles. The van der Waals surface area contributed by atoms with E-state index in [1.807, 2.05) is 0 Å². The molecule has 0 atom stereocenters. The largest absolute Gasteiger partial charge is 0.481 e. The summed E-state index contributed by atoms with van der Waals surface area (Å²) in [6.07, 6.45) is 30.1. The molecular formula is C33H62NO6+. The first-order chi connectivity index (χ1) is 19.3. The first kappa shape index (κ1) is 38.1. The van der Waals surface area contributed by atoms with Crippen molar-refractivity contribution < 1.29 is 34.2 Å². The fourth-order valence-electron chi connectivity index (χ4n) is 5.55. The summed E-state index contributed by atoms with van der Waals surface area (Å²) >= 11 is 0. The van der Waals surface area contributed by atoms with Gasteiger partial charge in [-0.25, -0.2) is 0 Å². The number of hydrogen-bond donors (Lipinski definition) is 3.